The number of nitrogens with zero attached hydrogens (tertiary/aromatic N) is 1. The Morgan fingerprint density at radius 1 is 1.50 bits per heavy atom. The second kappa shape index (κ2) is 5.18. The normalized spacial score (nSPS) is 27.1. The van der Waals surface area contributed by atoms with Crippen molar-refractivity contribution in [3.8, 4) is 0 Å². The van der Waals surface area contributed by atoms with Gasteiger partial charge in [0, 0.05) is 10.3 Å². The Labute approximate surface area is 131 Å². The van der Waals surface area contributed by atoms with Gasteiger partial charge in [-0.15, -0.1) is 0 Å². The molecule has 0 aliphatic carbocycles. The zero-order valence-electron chi connectivity index (χ0n) is 19.7. The number of esters is 1. The van der Waals surface area contributed by atoms with Gasteiger partial charge in [-0.25, -0.2) is 4.79 Å². The van der Waals surface area contributed by atoms with Crippen molar-refractivity contribution in [2.24, 2.45) is 0 Å². The topological polar surface area (TPSA) is 57.7 Å². The van der Waals surface area contributed by atoms with E-state index in [1.54, 1.807) is 27.7 Å². The van der Waals surface area contributed by atoms with Crippen molar-refractivity contribution in [3.63, 3.8) is 0 Å². The van der Waals surface area contributed by atoms with Crippen LogP contribution >= 0.6 is 0 Å². The van der Waals surface area contributed by atoms with Crippen LogP contribution in [0.4, 0.5) is 0 Å². The molecule has 0 N–H and O–H groups in total. The second-order valence-electron chi connectivity index (χ2n) is 5.31. The SMILES string of the molecule is [2H]c1nc(B2OC(C)(C)C(C)(C)O2)c([2H])c(C(=O)OC([2H])([2H])C([2H])([2H])[2H])c1[2H]. The molecule has 0 aromatic carbocycles. The van der Waals surface area contributed by atoms with Crippen molar-refractivity contribution in [3.05, 3.63) is 23.8 Å². The Morgan fingerprint density at radius 2 is 2.15 bits per heavy atom. The van der Waals surface area contributed by atoms with Gasteiger partial charge in [0.15, 0.2) is 0 Å². The van der Waals surface area contributed by atoms with E-state index in [9.17, 15) is 4.79 Å². The first-order valence-corrected chi connectivity index (χ1v) is 5.98. The number of hydrogen-bond donors (Lipinski definition) is 0. The van der Waals surface area contributed by atoms with Gasteiger partial charge in [-0.3, -0.25) is 4.98 Å². The lowest BCUT2D eigenvalue weighted by atomic mass is 9.83. The molecule has 1 aliphatic rings. The van der Waals surface area contributed by atoms with Gasteiger partial charge in [-0.05, 0) is 46.6 Å². The van der Waals surface area contributed by atoms with Crippen LogP contribution in [0.15, 0.2) is 18.3 Å². The molecular weight excluding hydrogens is 257 g/mol. The zero-order valence-corrected chi connectivity index (χ0v) is 11.7. The maximum atomic E-state index is 12.4. The largest absolute Gasteiger partial charge is 0.514 e. The Kier molecular flexibility index (Phi) is 1.96. The number of pyridine rings is 1. The molecular formula is C14H20BNO4. The summed E-state index contributed by atoms with van der Waals surface area (Å²) in [5.41, 5.74) is -2.65. The molecule has 0 amide bonds. The average molecular weight is 285 g/mol. The van der Waals surface area contributed by atoms with Crippen molar-refractivity contribution < 1.29 is 29.8 Å². The summed E-state index contributed by atoms with van der Waals surface area (Å²) in [6.45, 7) is 0.361. The molecule has 1 aromatic rings. The van der Waals surface area contributed by atoms with Gasteiger partial charge in [0.2, 0.25) is 0 Å². The molecule has 0 bridgehead atoms. The minimum atomic E-state index is -3.35. The lowest BCUT2D eigenvalue weighted by Crippen LogP contribution is -2.41. The van der Waals surface area contributed by atoms with E-state index >= 15 is 0 Å². The molecule has 0 atom stereocenters. The summed E-state index contributed by atoms with van der Waals surface area (Å²) in [6, 6.07) is -1.46. The van der Waals surface area contributed by atoms with E-state index in [1.807, 2.05) is 0 Å². The summed E-state index contributed by atoms with van der Waals surface area (Å²) in [4.78, 5) is 16.2. The number of hydrogen-bond acceptors (Lipinski definition) is 5. The lowest BCUT2D eigenvalue weighted by Gasteiger charge is -2.32. The van der Waals surface area contributed by atoms with Crippen molar-refractivity contribution in [2.45, 2.75) is 45.7 Å². The van der Waals surface area contributed by atoms with Crippen LogP contribution in [0, 0.1) is 0 Å². The minimum absolute atomic E-state index is 0.263. The Hall–Kier alpha value is -1.40. The van der Waals surface area contributed by atoms with Crippen LogP contribution in [0.5, 0.6) is 0 Å². The van der Waals surface area contributed by atoms with E-state index in [0.717, 1.165) is 0 Å². The number of carbonyl (C=O) groups excluding carboxylic acids is 1. The highest BCUT2D eigenvalue weighted by atomic mass is 16.7. The molecule has 108 valence electrons. The van der Waals surface area contributed by atoms with E-state index in [4.69, 9.17) is 20.3 Å². The first kappa shape index (κ1) is 7.57. The molecule has 1 aliphatic heterocycles. The summed E-state index contributed by atoms with van der Waals surface area (Å²) in [5, 5.41) is 0. The lowest BCUT2D eigenvalue weighted by molar-refractivity contribution is 0.00578. The van der Waals surface area contributed by atoms with Gasteiger partial charge in [0.05, 0.1) is 35.8 Å². The maximum absolute atomic E-state index is 12.4. The summed E-state index contributed by atoms with van der Waals surface area (Å²) in [6.07, 6.45) is -0.692. The monoisotopic (exact) mass is 285 g/mol. The van der Waals surface area contributed by atoms with Crippen LogP contribution in [0.25, 0.3) is 0 Å². The van der Waals surface area contributed by atoms with Crippen LogP contribution in [-0.2, 0) is 14.0 Å². The Bertz CT molecular complexity index is 796. The highest BCUT2D eigenvalue weighted by Crippen LogP contribution is 2.36. The van der Waals surface area contributed by atoms with Crippen molar-refractivity contribution in [1.29, 1.82) is 0 Å². The number of ether oxygens (including phenoxy) is 1. The molecule has 1 saturated heterocycles. The van der Waals surface area contributed by atoms with Gasteiger partial charge >= 0.3 is 13.1 Å². The molecule has 0 radical (unpaired) electrons. The summed E-state index contributed by atoms with van der Waals surface area (Å²) in [7, 11) is -1.21. The standard InChI is InChI=1S/C14H20BNO4/c1-6-18-12(17)10-7-8-16-11(9-10)15-19-13(2,3)14(4,5)20-15/h7-9H,6H2,1-5H3/i1D3,6D2,7D,8D,9D. The van der Waals surface area contributed by atoms with Crippen LogP contribution in [0.1, 0.15) is 55.9 Å². The predicted molar refractivity (Wildman–Crippen MR) is 75.9 cm³/mol. The minimum Gasteiger partial charge on any atom is -0.462 e. The van der Waals surface area contributed by atoms with E-state index in [2.05, 4.69) is 9.72 Å². The molecule has 0 saturated carbocycles. The predicted octanol–water partition coefficient (Wildman–Crippen LogP) is 1.56. The first-order chi connectivity index (χ1) is 12.4. The van der Waals surface area contributed by atoms with Gasteiger partial charge in [0.25, 0.3) is 0 Å². The molecule has 6 heteroatoms. The third-order valence-electron chi connectivity index (χ3n) is 3.43. The fraction of sp³-hybridized carbons (Fsp3) is 0.571. The molecule has 0 spiro atoms. The second-order valence-corrected chi connectivity index (χ2v) is 5.31. The van der Waals surface area contributed by atoms with E-state index in [1.165, 1.54) is 0 Å². The van der Waals surface area contributed by atoms with Gasteiger partial charge in [0.1, 0.15) is 0 Å². The molecule has 5 nitrogen and oxygen atoms in total. The van der Waals surface area contributed by atoms with E-state index in [0.29, 0.717) is 0 Å². The quantitative estimate of drug-likeness (QED) is 0.623. The van der Waals surface area contributed by atoms with Crippen LogP contribution in [0.2, 0.25) is 0 Å². The third-order valence-corrected chi connectivity index (χ3v) is 3.43. The average Bonchev–Trinajstić information content (AvgIpc) is 2.69. The molecule has 1 fully saturated rings. The van der Waals surface area contributed by atoms with Gasteiger partial charge in [-0.2, -0.15) is 0 Å². The molecule has 2 rings (SSSR count). The molecule has 0 unspecified atom stereocenters. The maximum Gasteiger partial charge on any atom is 0.514 e. The zero-order chi connectivity index (χ0) is 21.9. The van der Waals surface area contributed by atoms with Crippen LogP contribution in [-0.4, -0.2) is 35.8 Å². The highest BCUT2D eigenvalue weighted by Gasteiger charge is 2.52. The van der Waals surface area contributed by atoms with Crippen LogP contribution < -0.4 is 5.59 Å². The number of aromatic nitrogens is 1. The van der Waals surface area contributed by atoms with Crippen molar-refractivity contribution in [2.75, 3.05) is 6.56 Å². The van der Waals surface area contributed by atoms with Crippen molar-refractivity contribution >= 4 is 18.7 Å². The fourth-order valence-corrected chi connectivity index (χ4v) is 1.60. The first-order valence-electron chi connectivity index (χ1n) is 9.98. The van der Waals surface area contributed by atoms with Gasteiger partial charge in [-0.1, -0.05) is 0 Å². The van der Waals surface area contributed by atoms with Gasteiger partial charge < -0.3 is 14.0 Å². The van der Waals surface area contributed by atoms with Crippen molar-refractivity contribution in [1.82, 2.24) is 4.98 Å². The van der Waals surface area contributed by atoms with E-state index in [-0.39, 0.29) is 5.59 Å². The number of carbonyl (C=O) groups is 1. The summed E-state index contributed by atoms with van der Waals surface area (Å²) < 4.78 is 75.9. The smallest absolute Gasteiger partial charge is 0.462 e. The van der Waals surface area contributed by atoms with Crippen LogP contribution in [0.3, 0.4) is 0 Å². The Morgan fingerprint density at radius 3 is 2.75 bits per heavy atom. The Balaban J connectivity index is 2.50. The summed E-state index contributed by atoms with van der Waals surface area (Å²) in [5.74, 6) is -1.57. The molecule has 20 heavy (non-hydrogen) atoms. The number of rotatable bonds is 3. The molecule has 1 aromatic heterocycles. The fourth-order valence-electron chi connectivity index (χ4n) is 1.60. The highest BCUT2D eigenvalue weighted by molar-refractivity contribution is 6.61. The molecule has 2 heterocycles. The summed E-state index contributed by atoms with van der Waals surface area (Å²) >= 11 is 0. The third kappa shape index (κ3) is 2.71. The van der Waals surface area contributed by atoms with E-state index < -0.39 is 61.5 Å².